The monoisotopic (exact) mass is 391 g/mol. The number of hydrogen-bond donors (Lipinski definition) is 2. The molecule has 4 aromatic rings. The van der Waals surface area contributed by atoms with Crippen LogP contribution < -0.4 is 16.4 Å². The van der Waals surface area contributed by atoms with Crippen molar-refractivity contribution in [2.45, 2.75) is 25.9 Å². The van der Waals surface area contributed by atoms with E-state index >= 15 is 0 Å². The van der Waals surface area contributed by atoms with Crippen molar-refractivity contribution in [3.63, 3.8) is 0 Å². The molecule has 8 nitrogen and oxygen atoms in total. The predicted octanol–water partition coefficient (Wildman–Crippen LogP) is 1.64. The predicted molar refractivity (Wildman–Crippen MR) is 111 cm³/mol. The Bertz CT molecular complexity index is 1280. The second kappa shape index (κ2) is 8.14. The number of benzene rings is 2. The molecule has 1 amide bonds. The maximum absolute atomic E-state index is 12.4. The molecule has 4 rings (SSSR count). The van der Waals surface area contributed by atoms with Gasteiger partial charge in [0.15, 0.2) is 0 Å². The number of imidazole rings is 1. The zero-order valence-corrected chi connectivity index (χ0v) is 15.8. The molecule has 0 bridgehead atoms. The molecule has 2 aromatic carbocycles. The molecule has 0 aliphatic carbocycles. The average Bonchev–Trinajstić information content (AvgIpc) is 3.16. The number of hydrogen-bond acceptors (Lipinski definition) is 4. The van der Waals surface area contributed by atoms with E-state index < -0.39 is 0 Å². The van der Waals surface area contributed by atoms with Crippen LogP contribution in [0.1, 0.15) is 12.8 Å². The average molecular weight is 391 g/mol. The Morgan fingerprint density at radius 3 is 2.62 bits per heavy atom. The lowest BCUT2D eigenvalue weighted by atomic mass is 10.2. The normalized spacial score (nSPS) is 11.2. The summed E-state index contributed by atoms with van der Waals surface area (Å²) < 4.78 is 3.25. The molecule has 0 fully saturated rings. The summed E-state index contributed by atoms with van der Waals surface area (Å²) in [6, 6.07) is 14.6. The molecule has 0 radical (unpaired) electrons. The van der Waals surface area contributed by atoms with Gasteiger partial charge in [-0.05, 0) is 30.7 Å². The van der Waals surface area contributed by atoms with Crippen LogP contribution in [0.25, 0.3) is 21.8 Å². The van der Waals surface area contributed by atoms with E-state index in [1.807, 2.05) is 24.3 Å². The Hall–Kier alpha value is -3.68. The van der Waals surface area contributed by atoms with Crippen LogP contribution in [0, 0.1) is 0 Å². The van der Waals surface area contributed by atoms with Gasteiger partial charge < -0.3 is 9.88 Å². The molecule has 2 aromatic heterocycles. The molecule has 8 heteroatoms. The summed E-state index contributed by atoms with van der Waals surface area (Å²) >= 11 is 0. The molecule has 0 aliphatic heterocycles. The summed E-state index contributed by atoms with van der Waals surface area (Å²) in [4.78, 5) is 41.0. The zero-order valence-electron chi connectivity index (χ0n) is 15.8. The molecule has 0 saturated carbocycles. The first-order chi connectivity index (χ1) is 14.1. The third kappa shape index (κ3) is 3.96. The molecule has 2 heterocycles. The van der Waals surface area contributed by atoms with Crippen LogP contribution in [0.4, 0.5) is 0 Å². The Morgan fingerprint density at radius 1 is 1.00 bits per heavy atom. The summed E-state index contributed by atoms with van der Waals surface area (Å²) in [5.74, 6) is -0.165. The van der Waals surface area contributed by atoms with E-state index in [-0.39, 0.29) is 30.0 Å². The van der Waals surface area contributed by atoms with Gasteiger partial charge in [-0.2, -0.15) is 0 Å². The van der Waals surface area contributed by atoms with Crippen molar-refractivity contribution in [3.8, 4) is 0 Å². The first kappa shape index (κ1) is 18.7. The lowest BCUT2D eigenvalue weighted by Crippen LogP contribution is -2.32. The van der Waals surface area contributed by atoms with Crippen LogP contribution in [0.5, 0.6) is 0 Å². The van der Waals surface area contributed by atoms with Crippen molar-refractivity contribution in [3.05, 3.63) is 75.6 Å². The van der Waals surface area contributed by atoms with Crippen molar-refractivity contribution in [2.75, 3.05) is 6.54 Å². The maximum atomic E-state index is 12.4. The topological polar surface area (TPSA) is 102 Å². The van der Waals surface area contributed by atoms with Gasteiger partial charge in [0.25, 0.3) is 11.1 Å². The molecule has 148 valence electrons. The number of fused-ring (bicyclic) bond motifs is 2. The van der Waals surface area contributed by atoms with Crippen molar-refractivity contribution in [1.29, 1.82) is 0 Å². The number of para-hydroxylation sites is 2. The van der Waals surface area contributed by atoms with E-state index in [1.165, 1.54) is 4.68 Å². The highest BCUT2D eigenvalue weighted by molar-refractivity contribution is 5.80. The molecule has 0 spiro atoms. The van der Waals surface area contributed by atoms with Gasteiger partial charge in [-0.15, -0.1) is 0 Å². The van der Waals surface area contributed by atoms with Crippen LogP contribution in [0.15, 0.2) is 64.4 Å². The number of aromatic amines is 1. The third-order valence-electron chi connectivity index (χ3n) is 4.87. The molecule has 0 aliphatic rings. The summed E-state index contributed by atoms with van der Waals surface area (Å²) in [5.41, 5.74) is 1.37. The fourth-order valence-corrected chi connectivity index (χ4v) is 3.37. The maximum Gasteiger partial charge on any atom is 0.273 e. The minimum Gasteiger partial charge on any atom is -0.356 e. The van der Waals surface area contributed by atoms with Gasteiger partial charge in [-0.3, -0.25) is 19.5 Å². The number of nitrogens with one attached hydrogen (secondary N) is 2. The van der Waals surface area contributed by atoms with E-state index in [9.17, 15) is 14.4 Å². The second-order valence-corrected chi connectivity index (χ2v) is 6.82. The lowest BCUT2D eigenvalue weighted by Gasteiger charge is -2.09. The summed E-state index contributed by atoms with van der Waals surface area (Å²) in [6.45, 7) is 1.39. The smallest absolute Gasteiger partial charge is 0.273 e. The highest BCUT2D eigenvalue weighted by Crippen LogP contribution is 2.11. The molecular formula is C21H21N5O3. The Labute approximate surface area is 165 Å². The summed E-state index contributed by atoms with van der Waals surface area (Å²) in [6.07, 6.45) is 2.68. The van der Waals surface area contributed by atoms with Gasteiger partial charge >= 0.3 is 0 Å². The van der Waals surface area contributed by atoms with E-state index in [4.69, 9.17) is 0 Å². The van der Waals surface area contributed by atoms with Crippen molar-refractivity contribution >= 4 is 27.7 Å². The highest BCUT2D eigenvalue weighted by atomic mass is 16.2. The number of amides is 1. The van der Waals surface area contributed by atoms with Crippen molar-refractivity contribution < 1.29 is 4.79 Å². The van der Waals surface area contributed by atoms with Gasteiger partial charge in [-0.1, -0.05) is 24.3 Å². The number of carbonyl (C=O) groups is 1. The summed E-state index contributed by atoms with van der Waals surface area (Å²) in [7, 11) is 0. The van der Waals surface area contributed by atoms with Crippen LogP contribution in [-0.2, 0) is 17.9 Å². The van der Waals surface area contributed by atoms with E-state index in [1.54, 1.807) is 30.6 Å². The number of rotatable bonds is 7. The SMILES string of the molecule is O=C(CCn1[nH]c(=O)c2ccccc2c1=O)NCCCn1cnc2ccccc21. The van der Waals surface area contributed by atoms with Crippen LogP contribution >= 0.6 is 0 Å². The van der Waals surface area contributed by atoms with Crippen LogP contribution in [0.2, 0.25) is 0 Å². The first-order valence-corrected chi connectivity index (χ1v) is 9.52. The Kier molecular flexibility index (Phi) is 5.24. The quantitative estimate of drug-likeness (QED) is 0.468. The van der Waals surface area contributed by atoms with E-state index in [2.05, 4.69) is 20.0 Å². The van der Waals surface area contributed by atoms with E-state index in [0.717, 1.165) is 24.0 Å². The second-order valence-electron chi connectivity index (χ2n) is 6.82. The molecule has 0 atom stereocenters. The van der Waals surface area contributed by atoms with Crippen molar-refractivity contribution in [2.24, 2.45) is 0 Å². The van der Waals surface area contributed by atoms with Gasteiger partial charge in [0.2, 0.25) is 5.91 Å². The van der Waals surface area contributed by atoms with Crippen molar-refractivity contribution in [1.82, 2.24) is 24.6 Å². The zero-order chi connectivity index (χ0) is 20.2. The molecular weight excluding hydrogens is 370 g/mol. The van der Waals surface area contributed by atoms with E-state index in [0.29, 0.717) is 17.3 Å². The number of carbonyl (C=O) groups excluding carboxylic acids is 1. The van der Waals surface area contributed by atoms with Crippen LogP contribution in [-0.4, -0.2) is 31.8 Å². The standard InChI is InChI=1S/C21H21N5O3/c27-19(22-11-5-12-25-14-23-17-8-3-4-9-18(17)25)10-13-26-21(29)16-7-2-1-6-15(16)20(28)24-26/h1-4,6-9,14H,5,10-13H2,(H,22,27)(H,24,28). The fraction of sp³-hybridized carbons (Fsp3) is 0.238. The number of nitrogens with zero attached hydrogens (tertiary/aromatic N) is 3. The molecule has 2 N–H and O–H groups in total. The van der Waals surface area contributed by atoms with Gasteiger partial charge in [-0.25, -0.2) is 9.67 Å². The highest BCUT2D eigenvalue weighted by Gasteiger charge is 2.08. The molecule has 0 saturated heterocycles. The minimum atomic E-state index is -0.340. The number of aromatic nitrogens is 4. The number of H-pyrrole nitrogens is 1. The molecule has 0 unspecified atom stereocenters. The fourth-order valence-electron chi connectivity index (χ4n) is 3.37. The lowest BCUT2D eigenvalue weighted by molar-refractivity contribution is -0.121. The summed E-state index contributed by atoms with van der Waals surface area (Å²) in [5, 5.41) is 6.09. The first-order valence-electron chi connectivity index (χ1n) is 9.52. The Balaban J connectivity index is 1.29. The molecule has 29 heavy (non-hydrogen) atoms. The van der Waals surface area contributed by atoms with Gasteiger partial charge in [0.05, 0.1) is 34.7 Å². The van der Waals surface area contributed by atoms with Gasteiger partial charge in [0.1, 0.15) is 0 Å². The minimum absolute atomic E-state index is 0.113. The largest absolute Gasteiger partial charge is 0.356 e. The Morgan fingerprint density at radius 2 is 1.76 bits per heavy atom. The third-order valence-corrected chi connectivity index (χ3v) is 4.87. The van der Waals surface area contributed by atoms with Crippen LogP contribution in [0.3, 0.4) is 0 Å². The number of aryl methyl sites for hydroxylation is 2. The van der Waals surface area contributed by atoms with Gasteiger partial charge in [0, 0.05) is 19.5 Å².